The van der Waals surface area contributed by atoms with E-state index in [1.165, 1.54) is 57.1 Å². The van der Waals surface area contributed by atoms with Gasteiger partial charge in [0.2, 0.25) is 0 Å². The molecule has 1 saturated heterocycles. The van der Waals surface area contributed by atoms with Crippen molar-refractivity contribution in [3.63, 3.8) is 0 Å². The van der Waals surface area contributed by atoms with Crippen molar-refractivity contribution in [3.8, 4) is 0 Å². The molecule has 0 amide bonds. The fraction of sp³-hybridized carbons (Fsp3) is 0.684. The van der Waals surface area contributed by atoms with Gasteiger partial charge in [-0.15, -0.1) is 25.2 Å². The number of allylic oxidation sites excluding steroid dienone is 2. The van der Waals surface area contributed by atoms with Gasteiger partial charge in [0.1, 0.15) is 0 Å². The molecule has 0 N–H and O–H groups in total. The molecule has 2 aliphatic heterocycles. The van der Waals surface area contributed by atoms with Gasteiger partial charge in [0.25, 0.3) is 0 Å². The molecule has 2 fully saturated rings. The molecule has 1 aliphatic carbocycles. The van der Waals surface area contributed by atoms with Crippen LogP contribution in [0, 0.1) is 26.7 Å². The van der Waals surface area contributed by atoms with Crippen LogP contribution in [-0.2, 0) is 22.4 Å². The molecule has 22 heavy (non-hydrogen) atoms. The Bertz CT molecular complexity index is 321. The van der Waals surface area contributed by atoms with E-state index in [4.69, 9.17) is 10.6 Å². The minimum Gasteiger partial charge on any atom is -0.684 e. The van der Waals surface area contributed by atoms with E-state index < -0.39 is 0 Å². The van der Waals surface area contributed by atoms with Crippen LogP contribution in [-0.4, -0.2) is 19.1 Å². The Morgan fingerprint density at radius 1 is 0.955 bits per heavy atom. The van der Waals surface area contributed by atoms with Crippen LogP contribution in [0.1, 0.15) is 51.4 Å². The first-order valence-corrected chi connectivity index (χ1v) is 8.16. The summed E-state index contributed by atoms with van der Waals surface area (Å²) >= 11 is 0. The molecule has 3 aliphatic rings. The topological polar surface area (TPSA) is 28.2 Å². The summed E-state index contributed by atoms with van der Waals surface area (Å²) in [5.74, 6) is 1.45. The van der Waals surface area contributed by atoms with E-state index >= 15 is 0 Å². The molecule has 0 radical (unpaired) electrons. The Morgan fingerprint density at radius 3 is 2.27 bits per heavy atom. The van der Waals surface area contributed by atoms with Crippen molar-refractivity contribution in [3.05, 3.63) is 49.4 Å². The fourth-order valence-corrected chi connectivity index (χ4v) is 4.01. The van der Waals surface area contributed by atoms with E-state index in [1.807, 2.05) is 0 Å². The van der Waals surface area contributed by atoms with Crippen molar-refractivity contribution in [1.29, 1.82) is 0 Å². The smallest absolute Gasteiger partial charge is 0.684 e. The molecule has 2 nitrogen and oxygen atoms in total. The van der Waals surface area contributed by atoms with E-state index in [0.717, 1.165) is 19.0 Å². The second-order valence-corrected chi connectivity index (χ2v) is 6.25. The van der Waals surface area contributed by atoms with Crippen LogP contribution in [0.3, 0.4) is 0 Å². The quantitative estimate of drug-likeness (QED) is 0.355. The summed E-state index contributed by atoms with van der Waals surface area (Å²) in [7, 11) is 0. The molecular weight excluding hydrogens is 453 g/mol. The maximum absolute atomic E-state index is 4.96. The third kappa shape index (κ3) is 5.56. The normalized spacial score (nSPS) is 26.4. The molecule has 3 rings (SSSR count). The summed E-state index contributed by atoms with van der Waals surface area (Å²) in [6.45, 7) is 1.96. The number of piperidine rings is 1. The predicted molar refractivity (Wildman–Crippen MR) is 94.2 cm³/mol. The molecule has 2 heterocycles. The first-order chi connectivity index (χ1) is 9.45. The zero-order valence-corrected chi connectivity index (χ0v) is 16.4. The Hall–Kier alpha value is -0.0197. The second-order valence-electron chi connectivity index (χ2n) is 6.25. The van der Waals surface area contributed by atoms with Gasteiger partial charge in [0, 0.05) is 0 Å². The Morgan fingerprint density at radius 2 is 1.68 bits per heavy atom. The van der Waals surface area contributed by atoms with Crippen LogP contribution < -0.4 is 0 Å². The molecule has 0 aromatic rings. The Balaban J connectivity index is 0.00000147. The maximum atomic E-state index is 4.96. The van der Waals surface area contributed by atoms with Crippen molar-refractivity contribution in [2.75, 3.05) is 13.1 Å². The zero-order chi connectivity index (χ0) is 12.9. The third-order valence-corrected chi connectivity index (χ3v) is 4.97. The summed E-state index contributed by atoms with van der Waals surface area (Å²) in [5, 5.41) is 9.75. The van der Waals surface area contributed by atoms with Crippen molar-refractivity contribution in [2.45, 2.75) is 57.4 Å². The van der Waals surface area contributed by atoms with Gasteiger partial charge in [0.05, 0.1) is 0 Å². The molecule has 132 valence electrons. The first kappa shape index (κ1) is 22.0. The SMILES string of the molecule is C1=CC[N-]C(C(C2CCCCC2)C2CCCC[N-]2)=C1.[Au+].[CH3-].[CH3-]. The third-order valence-electron chi connectivity index (χ3n) is 4.97. The molecule has 3 heteroatoms. The first-order valence-electron chi connectivity index (χ1n) is 8.16. The Labute approximate surface area is 154 Å². The van der Waals surface area contributed by atoms with Crippen LogP contribution in [0.5, 0.6) is 0 Å². The van der Waals surface area contributed by atoms with Crippen molar-refractivity contribution >= 4 is 0 Å². The standard InChI is InChI=1S/C17H26N2.2CH3.Au/c1-2-8-14(9-3-1)17(15-10-4-6-12-18-15)16-11-5-7-13-19-16;;;/h4,6,10,14,16-17H,1-3,5,7-9,11-13H2;2*1H3;/q-2;2*-1;+1. The van der Waals surface area contributed by atoms with Crippen molar-refractivity contribution < 1.29 is 22.4 Å². The van der Waals surface area contributed by atoms with Gasteiger partial charge < -0.3 is 25.5 Å². The number of rotatable bonds is 3. The summed E-state index contributed by atoms with van der Waals surface area (Å²) in [5.41, 5.74) is 1.35. The van der Waals surface area contributed by atoms with Gasteiger partial charge in [-0.05, 0) is 18.8 Å². The van der Waals surface area contributed by atoms with Gasteiger partial charge >= 0.3 is 22.4 Å². The molecule has 0 spiro atoms. The summed E-state index contributed by atoms with van der Waals surface area (Å²) < 4.78 is 0. The molecule has 0 aromatic carbocycles. The van der Waals surface area contributed by atoms with Gasteiger partial charge in [-0.3, -0.25) is 0 Å². The molecule has 0 aromatic heterocycles. The number of hydrogen-bond acceptors (Lipinski definition) is 0. The van der Waals surface area contributed by atoms with Crippen LogP contribution in [0.4, 0.5) is 0 Å². The largest absolute Gasteiger partial charge is 1.00 e. The fourth-order valence-electron chi connectivity index (χ4n) is 4.01. The van der Waals surface area contributed by atoms with Gasteiger partial charge in [-0.2, -0.15) is 5.70 Å². The summed E-state index contributed by atoms with van der Waals surface area (Å²) in [4.78, 5) is 0. The van der Waals surface area contributed by atoms with E-state index in [2.05, 4.69) is 18.2 Å². The Kier molecular flexibility index (Phi) is 11.5. The number of nitrogens with zero attached hydrogens (tertiary/aromatic N) is 2. The van der Waals surface area contributed by atoms with Crippen LogP contribution in [0.15, 0.2) is 23.9 Å². The van der Waals surface area contributed by atoms with Crippen LogP contribution >= 0.6 is 0 Å². The van der Waals surface area contributed by atoms with Crippen LogP contribution in [0.2, 0.25) is 0 Å². The van der Waals surface area contributed by atoms with E-state index in [1.54, 1.807) is 0 Å². The van der Waals surface area contributed by atoms with Crippen molar-refractivity contribution in [1.82, 2.24) is 0 Å². The zero-order valence-electron chi connectivity index (χ0n) is 14.2. The monoisotopic (exact) mass is 485 g/mol. The van der Waals surface area contributed by atoms with Crippen LogP contribution in [0.25, 0.3) is 10.6 Å². The van der Waals surface area contributed by atoms with Gasteiger partial charge in [-0.1, -0.05) is 56.6 Å². The summed E-state index contributed by atoms with van der Waals surface area (Å²) in [6.07, 6.45) is 17.6. The predicted octanol–water partition coefficient (Wildman–Crippen LogP) is 5.83. The molecule has 2 atom stereocenters. The van der Waals surface area contributed by atoms with E-state index in [9.17, 15) is 0 Å². The minimum absolute atomic E-state index is 0. The van der Waals surface area contributed by atoms with Gasteiger partial charge in [0.15, 0.2) is 0 Å². The number of hydrogen-bond donors (Lipinski definition) is 0. The van der Waals surface area contributed by atoms with E-state index in [-0.39, 0.29) is 37.2 Å². The average Bonchev–Trinajstić information content (AvgIpc) is 2.51. The van der Waals surface area contributed by atoms with Gasteiger partial charge in [-0.25, -0.2) is 0 Å². The molecular formula is C19H32AuN2-3. The molecule has 0 bridgehead atoms. The summed E-state index contributed by atoms with van der Waals surface area (Å²) in [6, 6.07) is 0.554. The molecule has 1 saturated carbocycles. The average molecular weight is 485 g/mol. The maximum Gasteiger partial charge on any atom is 1.00 e. The second kappa shape index (κ2) is 11.5. The van der Waals surface area contributed by atoms with Crippen molar-refractivity contribution in [2.24, 2.45) is 11.8 Å². The molecule has 2 unspecified atom stereocenters. The van der Waals surface area contributed by atoms with E-state index in [0.29, 0.717) is 12.0 Å². The minimum atomic E-state index is 0.